The van der Waals surface area contributed by atoms with Gasteiger partial charge in [0.05, 0.1) is 0 Å². The van der Waals surface area contributed by atoms with E-state index >= 15 is 0 Å². The second kappa shape index (κ2) is 2.72. The minimum Gasteiger partial charge on any atom is -0.303 e. The minimum atomic E-state index is -0.174. The molecule has 0 saturated carbocycles. The van der Waals surface area contributed by atoms with Gasteiger partial charge in [0.2, 0.25) is 0 Å². The van der Waals surface area contributed by atoms with E-state index in [-0.39, 0.29) is 10.9 Å². The van der Waals surface area contributed by atoms with Gasteiger partial charge < -0.3 is 4.79 Å². The molecule has 1 nitrogen and oxygen atoms in total. The maximum Gasteiger partial charge on any atom is 0.128 e. The number of carbonyl (C=O) groups is 1. The van der Waals surface area contributed by atoms with E-state index in [9.17, 15) is 4.79 Å². The molecule has 1 rings (SSSR count). The molecular formula is C6H8OS. The van der Waals surface area contributed by atoms with Crippen molar-refractivity contribution in [1.82, 2.24) is 0 Å². The topological polar surface area (TPSA) is 17.1 Å². The van der Waals surface area contributed by atoms with Gasteiger partial charge in [0.25, 0.3) is 0 Å². The highest BCUT2D eigenvalue weighted by Crippen LogP contribution is 2.30. The Morgan fingerprint density at radius 2 is 2.00 bits per heavy atom. The third-order valence-electron chi connectivity index (χ3n) is 0.952. The normalized spacial score (nSPS) is 19.8. The van der Waals surface area contributed by atoms with Crippen LogP contribution in [0.4, 0.5) is 0 Å². The van der Waals surface area contributed by atoms with E-state index in [0.29, 0.717) is 5.75 Å². The van der Waals surface area contributed by atoms with Crippen LogP contribution in [0.5, 0.6) is 0 Å². The first-order chi connectivity index (χ1) is 3.93. The molecule has 0 N–H and O–H groups in total. The highest BCUT2D eigenvalue weighted by molar-refractivity contribution is 8.22. The van der Waals surface area contributed by atoms with E-state index in [1.54, 1.807) is 0 Å². The van der Waals surface area contributed by atoms with Gasteiger partial charge in [0.15, 0.2) is 0 Å². The molecule has 0 radical (unpaired) electrons. The van der Waals surface area contributed by atoms with Crippen LogP contribution >= 0.6 is 10.9 Å². The number of hydrogen-bond donors (Lipinski definition) is 1. The van der Waals surface area contributed by atoms with Crippen molar-refractivity contribution < 1.29 is 4.79 Å². The molecule has 1 aliphatic heterocycles. The molecule has 0 fully saturated rings. The lowest BCUT2D eigenvalue weighted by atomic mass is 10.6. The van der Waals surface area contributed by atoms with Crippen LogP contribution in [-0.4, -0.2) is 12.0 Å². The third-order valence-corrected chi connectivity index (χ3v) is 2.63. The van der Waals surface area contributed by atoms with Crippen LogP contribution in [0.3, 0.4) is 0 Å². The molecule has 1 heterocycles. The van der Waals surface area contributed by atoms with Crippen molar-refractivity contribution in [2.75, 3.05) is 5.75 Å². The average molecular weight is 128 g/mol. The first kappa shape index (κ1) is 5.63. The molecule has 44 valence electrons. The first-order valence-corrected chi connectivity index (χ1v) is 4.14. The van der Waals surface area contributed by atoms with Crippen molar-refractivity contribution in [2.45, 2.75) is 0 Å². The lowest BCUT2D eigenvalue weighted by Crippen LogP contribution is -1.79. The Labute approximate surface area is 51.4 Å². The quantitative estimate of drug-likeness (QED) is 0.437. The summed E-state index contributed by atoms with van der Waals surface area (Å²) in [6, 6.07) is 0. The monoisotopic (exact) mass is 128 g/mol. The van der Waals surface area contributed by atoms with E-state index in [2.05, 4.69) is 10.8 Å². The number of thiol groups is 1. The van der Waals surface area contributed by atoms with Crippen molar-refractivity contribution >= 4 is 17.2 Å². The maximum absolute atomic E-state index is 9.91. The van der Waals surface area contributed by atoms with Crippen LogP contribution in [-0.2, 0) is 4.79 Å². The maximum atomic E-state index is 9.91. The van der Waals surface area contributed by atoms with Crippen LogP contribution in [0, 0.1) is 0 Å². The summed E-state index contributed by atoms with van der Waals surface area (Å²) in [5.74, 6) is 0.697. The van der Waals surface area contributed by atoms with E-state index in [1.165, 1.54) is 0 Å². The Bertz CT molecular complexity index is 125. The molecule has 0 unspecified atom stereocenters. The number of aldehydes is 1. The molecule has 0 amide bonds. The fourth-order valence-corrected chi connectivity index (χ4v) is 1.73. The first-order valence-electron chi connectivity index (χ1n) is 2.48. The number of carbonyl (C=O) groups excluding carboxylic acids is 1. The smallest absolute Gasteiger partial charge is 0.128 e. The van der Waals surface area contributed by atoms with Crippen molar-refractivity contribution in [3.05, 3.63) is 23.0 Å². The molecule has 0 spiro atoms. The van der Waals surface area contributed by atoms with Crippen LogP contribution in [0.2, 0.25) is 0 Å². The van der Waals surface area contributed by atoms with Gasteiger partial charge in [-0.2, -0.15) is 0 Å². The van der Waals surface area contributed by atoms with Crippen molar-refractivity contribution in [1.29, 1.82) is 0 Å². The van der Waals surface area contributed by atoms with E-state index in [4.69, 9.17) is 0 Å². The van der Waals surface area contributed by atoms with Gasteiger partial charge in [-0.25, -0.2) is 10.9 Å². The van der Waals surface area contributed by atoms with Crippen LogP contribution in [0.1, 0.15) is 0 Å². The Kier molecular flexibility index (Phi) is 1.92. The van der Waals surface area contributed by atoms with Crippen LogP contribution in [0.25, 0.3) is 0 Å². The summed E-state index contributed by atoms with van der Waals surface area (Å²) >= 11 is 0. The summed E-state index contributed by atoms with van der Waals surface area (Å²) in [6.07, 6.45) is 4.97. The SMILES string of the molecule is O=CC[SH]1C=CC=C1. The number of allylic oxidation sites excluding steroid dienone is 2. The summed E-state index contributed by atoms with van der Waals surface area (Å²) < 4.78 is 0. The Morgan fingerprint density at radius 1 is 1.38 bits per heavy atom. The Hall–Kier alpha value is -0.500. The molecule has 0 aliphatic carbocycles. The average Bonchev–Trinajstić information content (AvgIpc) is 2.19. The second-order valence-electron chi connectivity index (χ2n) is 1.55. The molecule has 0 aromatic rings. The molecule has 0 saturated heterocycles. The predicted octanol–water partition coefficient (Wildman–Crippen LogP) is 1.23. The van der Waals surface area contributed by atoms with Gasteiger partial charge in [0.1, 0.15) is 6.29 Å². The zero-order valence-corrected chi connectivity index (χ0v) is 5.34. The van der Waals surface area contributed by atoms with Gasteiger partial charge in [-0.1, -0.05) is 12.2 Å². The number of hydrogen-bond acceptors (Lipinski definition) is 1. The van der Waals surface area contributed by atoms with Crippen molar-refractivity contribution in [3.8, 4) is 0 Å². The Balaban J connectivity index is 2.37. The summed E-state index contributed by atoms with van der Waals surface area (Å²) in [6.45, 7) is 0. The summed E-state index contributed by atoms with van der Waals surface area (Å²) in [7, 11) is -0.174. The molecule has 0 aromatic carbocycles. The van der Waals surface area contributed by atoms with Gasteiger partial charge >= 0.3 is 0 Å². The van der Waals surface area contributed by atoms with Gasteiger partial charge in [-0.15, -0.1) is 0 Å². The van der Waals surface area contributed by atoms with E-state index in [0.717, 1.165) is 6.29 Å². The van der Waals surface area contributed by atoms with Gasteiger partial charge in [-0.3, -0.25) is 0 Å². The lowest BCUT2D eigenvalue weighted by molar-refractivity contribution is -0.105. The molecule has 8 heavy (non-hydrogen) atoms. The summed E-state index contributed by atoms with van der Waals surface area (Å²) in [5, 5.41) is 4.17. The largest absolute Gasteiger partial charge is 0.303 e. The predicted molar refractivity (Wildman–Crippen MR) is 38.2 cm³/mol. The van der Waals surface area contributed by atoms with E-state index in [1.807, 2.05) is 12.2 Å². The molecule has 0 atom stereocenters. The highest BCUT2D eigenvalue weighted by atomic mass is 32.2. The zero-order valence-electron chi connectivity index (χ0n) is 4.45. The third kappa shape index (κ3) is 1.23. The summed E-state index contributed by atoms with van der Waals surface area (Å²) in [4.78, 5) is 9.91. The zero-order chi connectivity index (χ0) is 5.82. The van der Waals surface area contributed by atoms with Crippen molar-refractivity contribution in [3.63, 3.8) is 0 Å². The lowest BCUT2D eigenvalue weighted by Gasteiger charge is -2.00. The molecule has 0 bridgehead atoms. The molecule has 0 aromatic heterocycles. The molecule has 2 heteroatoms. The molecular weight excluding hydrogens is 120 g/mol. The fourth-order valence-electron chi connectivity index (χ4n) is 0.578. The van der Waals surface area contributed by atoms with Gasteiger partial charge in [-0.05, 0) is 10.8 Å². The highest BCUT2D eigenvalue weighted by Gasteiger charge is 1.94. The fraction of sp³-hybridized carbons (Fsp3) is 0.167. The minimum absolute atomic E-state index is 0.174. The van der Waals surface area contributed by atoms with Crippen molar-refractivity contribution in [2.24, 2.45) is 0 Å². The van der Waals surface area contributed by atoms with E-state index < -0.39 is 0 Å². The Morgan fingerprint density at radius 3 is 2.50 bits per heavy atom. The van der Waals surface area contributed by atoms with Crippen LogP contribution < -0.4 is 0 Å². The second-order valence-corrected chi connectivity index (χ2v) is 3.54. The number of rotatable bonds is 2. The van der Waals surface area contributed by atoms with Gasteiger partial charge in [0, 0.05) is 5.75 Å². The summed E-state index contributed by atoms with van der Waals surface area (Å²) in [5.41, 5.74) is 0. The standard InChI is InChI=1S/C6H8OS/c7-3-6-8-4-1-2-5-8/h1-5,8H,6H2. The van der Waals surface area contributed by atoms with Crippen LogP contribution in [0.15, 0.2) is 23.0 Å². The molecule has 1 aliphatic rings.